The van der Waals surface area contributed by atoms with Crippen LogP contribution in [0, 0.1) is 37.0 Å². The highest BCUT2D eigenvalue weighted by atomic mass is 32.2. The molecule has 1 aromatic rings. The molecule has 3 fully saturated rings. The quantitative estimate of drug-likeness (QED) is 0.650. The zero-order valence-corrected chi connectivity index (χ0v) is 20.7. The lowest BCUT2D eigenvalue weighted by atomic mass is 9.97. The summed E-state index contributed by atoms with van der Waals surface area (Å²) in [7, 11) is -3.67. The third-order valence-electron chi connectivity index (χ3n) is 7.21. The van der Waals surface area contributed by atoms with Gasteiger partial charge in [-0.3, -0.25) is 9.59 Å². The van der Waals surface area contributed by atoms with Crippen molar-refractivity contribution in [3.63, 3.8) is 0 Å². The van der Waals surface area contributed by atoms with Gasteiger partial charge in [-0.25, -0.2) is 0 Å². The number of amides is 2. The summed E-state index contributed by atoms with van der Waals surface area (Å²) in [6.07, 6.45) is 2.58. The van der Waals surface area contributed by atoms with E-state index in [1.54, 1.807) is 4.90 Å². The van der Waals surface area contributed by atoms with Gasteiger partial charge in [-0.2, -0.15) is 22.3 Å². The highest BCUT2D eigenvalue weighted by molar-refractivity contribution is 7.86. The Balaban J connectivity index is 1.36. The fraction of sp³-hybridized carbons (Fsp3) is 0.625. The molecule has 3 saturated heterocycles. The second-order valence-electron chi connectivity index (χ2n) is 9.69. The van der Waals surface area contributed by atoms with Gasteiger partial charge in [0.2, 0.25) is 11.8 Å². The first kappa shape index (κ1) is 24.6. The number of carbonyl (C=O) groups excluding carboxylic acids is 2. The summed E-state index contributed by atoms with van der Waals surface area (Å²) >= 11 is 0. The lowest BCUT2D eigenvalue weighted by molar-refractivity contribution is -0.142. The van der Waals surface area contributed by atoms with Crippen molar-refractivity contribution in [1.29, 1.82) is 5.26 Å². The molecule has 3 aliphatic rings. The van der Waals surface area contributed by atoms with Gasteiger partial charge in [-0.15, -0.1) is 0 Å². The maximum absolute atomic E-state index is 13.4. The number of nitrogens with zero attached hydrogens (tertiary/aromatic N) is 4. The number of nitriles is 1. The average Bonchev–Trinajstić information content (AvgIpc) is 3.27. The minimum Gasteiger partial charge on any atom is -0.350 e. The molecule has 0 spiro atoms. The summed E-state index contributed by atoms with van der Waals surface area (Å²) in [6.45, 7) is 5.90. The number of nitrogens with one attached hydrogen (secondary N) is 1. The lowest BCUT2D eigenvalue weighted by Gasteiger charge is -2.41. The summed E-state index contributed by atoms with van der Waals surface area (Å²) in [5, 5.41) is 11.9. The Morgan fingerprint density at radius 3 is 2.53 bits per heavy atom. The van der Waals surface area contributed by atoms with Gasteiger partial charge in [0.25, 0.3) is 10.2 Å². The topological polar surface area (TPSA) is 114 Å². The van der Waals surface area contributed by atoms with Crippen LogP contribution >= 0.6 is 0 Å². The number of carbonyl (C=O) groups is 2. The molecule has 0 saturated carbocycles. The van der Waals surface area contributed by atoms with E-state index < -0.39 is 22.2 Å². The minimum atomic E-state index is -3.67. The first-order chi connectivity index (χ1) is 16.2. The van der Waals surface area contributed by atoms with E-state index in [2.05, 4.69) is 17.5 Å². The molecule has 0 aromatic heterocycles. The van der Waals surface area contributed by atoms with Crippen molar-refractivity contribution >= 4 is 22.0 Å². The Morgan fingerprint density at radius 1 is 1.09 bits per heavy atom. The fourth-order valence-electron chi connectivity index (χ4n) is 5.11. The van der Waals surface area contributed by atoms with E-state index in [-0.39, 0.29) is 37.4 Å². The SMILES string of the molecule is Cc1ccc(CNC(=O)[C@H]2CCCN2C(=O)[C@H]2CCCN(S(=O)(=O)N3CC(C#N)C3)C2)c(C)c1. The summed E-state index contributed by atoms with van der Waals surface area (Å²) in [5.74, 6) is -1.01. The monoisotopic (exact) mass is 487 g/mol. The van der Waals surface area contributed by atoms with Crippen LogP contribution in [-0.2, 0) is 26.3 Å². The van der Waals surface area contributed by atoms with Gasteiger partial charge in [0.1, 0.15) is 6.04 Å². The van der Waals surface area contributed by atoms with Crippen LogP contribution in [0.2, 0.25) is 0 Å². The average molecular weight is 488 g/mol. The third kappa shape index (κ3) is 4.97. The van der Waals surface area contributed by atoms with Gasteiger partial charge < -0.3 is 10.2 Å². The number of rotatable bonds is 6. The van der Waals surface area contributed by atoms with Crippen LogP contribution in [-0.4, -0.2) is 72.5 Å². The van der Waals surface area contributed by atoms with Gasteiger partial charge in [-0.05, 0) is 50.7 Å². The van der Waals surface area contributed by atoms with E-state index in [1.807, 2.05) is 26.0 Å². The standard InChI is InChI=1S/C24H33N5O4S/c1-17-7-8-20(18(2)11-17)13-26-23(30)22-6-4-10-29(22)24(31)21-5-3-9-27(16-21)34(32,33)28-14-19(12-25)15-28/h7-8,11,19,21-22H,3-6,9-10,13-16H2,1-2H3,(H,26,30)/t21-,22+/m0/s1. The molecule has 0 unspecified atom stereocenters. The van der Waals surface area contributed by atoms with Crippen molar-refractivity contribution in [2.24, 2.45) is 11.8 Å². The van der Waals surface area contributed by atoms with Crippen LogP contribution in [0.5, 0.6) is 0 Å². The second-order valence-corrected chi connectivity index (χ2v) is 11.6. The predicted molar refractivity (Wildman–Crippen MR) is 126 cm³/mol. The van der Waals surface area contributed by atoms with E-state index in [4.69, 9.17) is 5.26 Å². The van der Waals surface area contributed by atoms with Gasteiger partial charge >= 0.3 is 0 Å². The molecule has 1 aromatic carbocycles. The number of hydrogen-bond acceptors (Lipinski definition) is 5. The Morgan fingerprint density at radius 2 is 1.82 bits per heavy atom. The van der Waals surface area contributed by atoms with Crippen LogP contribution < -0.4 is 5.32 Å². The lowest BCUT2D eigenvalue weighted by Crippen LogP contribution is -2.57. The maximum atomic E-state index is 13.4. The molecule has 0 bridgehead atoms. The fourth-order valence-corrected chi connectivity index (χ4v) is 6.90. The molecule has 3 heterocycles. The normalized spacial score (nSPS) is 24.4. The molecule has 0 aliphatic carbocycles. The smallest absolute Gasteiger partial charge is 0.282 e. The first-order valence-electron chi connectivity index (χ1n) is 12.0. The Hall–Kier alpha value is -2.48. The van der Waals surface area contributed by atoms with Crippen molar-refractivity contribution < 1.29 is 18.0 Å². The molecule has 2 atom stereocenters. The van der Waals surface area contributed by atoms with Gasteiger partial charge in [0.15, 0.2) is 0 Å². The predicted octanol–water partition coefficient (Wildman–Crippen LogP) is 1.32. The molecular weight excluding hydrogens is 454 g/mol. The van der Waals surface area contributed by atoms with E-state index in [0.717, 1.165) is 17.5 Å². The van der Waals surface area contributed by atoms with Crippen LogP contribution in [0.4, 0.5) is 0 Å². The molecule has 184 valence electrons. The van der Waals surface area contributed by atoms with Crippen LogP contribution in [0.25, 0.3) is 0 Å². The largest absolute Gasteiger partial charge is 0.350 e. The molecule has 0 radical (unpaired) electrons. The molecule has 3 aliphatic heterocycles. The van der Waals surface area contributed by atoms with E-state index in [0.29, 0.717) is 38.9 Å². The van der Waals surface area contributed by atoms with E-state index in [1.165, 1.54) is 14.2 Å². The summed E-state index contributed by atoms with van der Waals surface area (Å²) in [4.78, 5) is 28.0. The maximum Gasteiger partial charge on any atom is 0.282 e. The second kappa shape index (κ2) is 10.0. The summed E-state index contributed by atoms with van der Waals surface area (Å²) in [5.41, 5.74) is 3.33. The third-order valence-corrected chi connectivity index (χ3v) is 9.14. The van der Waals surface area contributed by atoms with Crippen LogP contribution in [0.1, 0.15) is 42.4 Å². The van der Waals surface area contributed by atoms with Crippen LogP contribution in [0.15, 0.2) is 18.2 Å². The summed E-state index contributed by atoms with van der Waals surface area (Å²) in [6, 6.07) is 7.68. The Kier molecular flexibility index (Phi) is 7.26. The molecule has 1 N–H and O–H groups in total. The zero-order valence-electron chi connectivity index (χ0n) is 19.9. The number of benzene rings is 1. The van der Waals surface area contributed by atoms with Crippen molar-refractivity contribution in [2.45, 2.75) is 52.1 Å². The Labute approximate surface area is 201 Å². The minimum absolute atomic E-state index is 0.127. The number of aryl methyl sites for hydroxylation is 2. The van der Waals surface area contributed by atoms with Gasteiger partial charge in [-0.1, -0.05) is 23.8 Å². The van der Waals surface area contributed by atoms with E-state index >= 15 is 0 Å². The highest BCUT2D eigenvalue weighted by Gasteiger charge is 2.44. The first-order valence-corrected chi connectivity index (χ1v) is 13.4. The number of piperidine rings is 1. The summed E-state index contributed by atoms with van der Waals surface area (Å²) < 4.78 is 28.5. The molecule has 4 rings (SSSR count). The zero-order chi connectivity index (χ0) is 24.5. The van der Waals surface area contributed by atoms with Gasteiger partial charge in [0, 0.05) is 39.3 Å². The van der Waals surface area contributed by atoms with Crippen molar-refractivity contribution in [1.82, 2.24) is 18.8 Å². The molecule has 10 heteroatoms. The molecule has 2 amide bonds. The van der Waals surface area contributed by atoms with Crippen molar-refractivity contribution in [3.8, 4) is 6.07 Å². The van der Waals surface area contributed by atoms with Crippen molar-refractivity contribution in [2.75, 3.05) is 32.7 Å². The van der Waals surface area contributed by atoms with Crippen molar-refractivity contribution in [3.05, 3.63) is 34.9 Å². The molecular formula is C24H33N5O4S. The van der Waals surface area contributed by atoms with Gasteiger partial charge in [0.05, 0.1) is 17.9 Å². The number of likely N-dealkylation sites (tertiary alicyclic amines) is 1. The molecule has 9 nitrogen and oxygen atoms in total. The number of hydrogen-bond donors (Lipinski definition) is 1. The Bertz CT molecular complexity index is 1090. The highest BCUT2D eigenvalue weighted by Crippen LogP contribution is 2.29. The molecule has 34 heavy (non-hydrogen) atoms. The van der Waals surface area contributed by atoms with Crippen LogP contribution in [0.3, 0.4) is 0 Å². The van der Waals surface area contributed by atoms with E-state index in [9.17, 15) is 18.0 Å².